The Balaban J connectivity index is 3.13. The van der Waals surface area contributed by atoms with Gasteiger partial charge in [-0.15, -0.1) is 0 Å². The number of nitrogens with zero attached hydrogens (tertiary/aromatic N) is 3. The summed E-state index contributed by atoms with van der Waals surface area (Å²) in [6.45, 7) is 9.47. The summed E-state index contributed by atoms with van der Waals surface area (Å²) >= 11 is 0. The molecule has 0 bridgehead atoms. The molecule has 0 atom stereocenters. The first kappa shape index (κ1) is 21.2. The molecule has 0 aliphatic rings. The van der Waals surface area contributed by atoms with Crippen LogP contribution in [-0.4, -0.2) is 62.4 Å². The predicted molar refractivity (Wildman–Crippen MR) is 96.9 cm³/mol. The second-order valence-corrected chi connectivity index (χ2v) is 8.90. The van der Waals surface area contributed by atoms with Crippen LogP contribution in [0, 0.1) is 0 Å². The number of H-pyrrole nitrogens is 1. The van der Waals surface area contributed by atoms with Gasteiger partial charge in [-0.1, -0.05) is 13.8 Å². The van der Waals surface area contributed by atoms with Crippen molar-refractivity contribution in [3.8, 4) is 0 Å². The van der Waals surface area contributed by atoms with E-state index in [1.54, 1.807) is 20.8 Å². The van der Waals surface area contributed by atoms with Crippen LogP contribution in [0.3, 0.4) is 0 Å². The van der Waals surface area contributed by atoms with Crippen molar-refractivity contribution in [1.82, 2.24) is 19.8 Å². The molecule has 0 spiro atoms. The Morgan fingerprint density at radius 2 is 1.92 bits per heavy atom. The van der Waals surface area contributed by atoms with Crippen LogP contribution in [0.2, 0.25) is 0 Å². The van der Waals surface area contributed by atoms with Gasteiger partial charge in [0, 0.05) is 13.1 Å². The molecule has 0 saturated heterocycles. The number of aromatic nitrogens is 2. The second kappa shape index (κ2) is 8.05. The smallest absolute Gasteiger partial charge is 0.422 e. The van der Waals surface area contributed by atoms with Crippen molar-refractivity contribution in [3.05, 3.63) is 11.9 Å². The summed E-state index contributed by atoms with van der Waals surface area (Å²) in [5, 5.41) is 6.78. The number of aromatic amines is 1. The van der Waals surface area contributed by atoms with E-state index in [-0.39, 0.29) is 12.5 Å². The van der Waals surface area contributed by atoms with Crippen molar-refractivity contribution in [2.45, 2.75) is 46.1 Å². The molecule has 2 N–H and O–H groups in total. The fourth-order valence-corrected chi connectivity index (χ4v) is 3.12. The molecule has 1 rings (SSSR count). The minimum absolute atomic E-state index is 0.0380. The second-order valence-electron chi connectivity index (χ2n) is 7.31. The lowest BCUT2D eigenvalue weighted by Crippen LogP contribution is -2.47. The van der Waals surface area contributed by atoms with Gasteiger partial charge in [0.05, 0.1) is 17.6 Å². The first-order valence-corrected chi connectivity index (χ1v) is 9.49. The summed E-state index contributed by atoms with van der Waals surface area (Å²) in [7, 11) is -0.470. The zero-order valence-corrected chi connectivity index (χ0v) is 16.8. The number of amides is 1. The van der Waals surface area contributed by atoms with E-state index in [0.717, 1.165) is 4.31 Å². The molecule has 1 aromatic heterocycles. The molecule has 0 saturated carbocycles. The van der Waals surface area contributed by atoms with Crippen molar-refractivity contribution in [2.75, 3.05) is 31.5 Å². The van der Waals surface area contributed by atoms with Crippen molar-refractivity contribution < 1.29 is 17.9 Å². The SMILES string of the molecule is CC(C)c1[nH]ncc1N(CCN(C)C)S(=O)(=O)NC(=O)OC(C)(C)C. The van der Waals surface area contributed by atoms with Gasteiger partial charge in [-0.3, -0.25) is 5.10 Å². The van der Waals surface area contributed by atoms with Gasteiger partial charge in [0.2, 0.25) is 0 Å². The molecule has 0 aromatic carbocycles. The van der Waals surface area contributed by atoms with Gasteiger partial charge in [-0.25, -0.2) is 13.8 Å². The molecule has 10 heteroatoms. The number of ether oxygens (including phenoxy) is 1. The molecule has 0 aliphatic heterocycles. The fourth-order valence-electron chi connectivity index (χ4n) is 2.03. The van der Waals surface area contributed by atoms with Crippen LogP contribution in [-0.2, 0) is 14.9 Å². The topological polar surface area (TPSA) is 108 Å². The van der Waals surface area contributed by atoms with Gasteiger partial charge in [0.1, 0.15) is 5.60 Å². The highest BCUT2D eigenvalue weighted by atomic mass is 32.2. The van der Waals surface area contributed by atoms with Crippen LogP contribution in [0.1, 0.15) is 46.2 Å². The van der Waals surface area contributed by atoms with Crippen molar-refractivity contribution in [3.63, 3.8) is 0 Å². The van der Waals surface area contributed by atoms with Gasteiger partial charge in [-0.2, -0.15) is 13.5 Å². The minimum Gasteiger partial charge on any atom is -0.443 e. The van der Waals surface area contributed by atoms with Crippen LogP contribution < -0.4 is 9.03 Å². The highest BCUT2D eigenvalue weighted by Gasteiger charge is 2.30. The summed E-state index contributed by atoms with van der Waals surface area (Å²) in [5.74, 6) is 0.0380. The molecule has 1 heterocycles. The van der Waals surface area contributed by atoms with Gasteiger partial charge in [0.15, 0.2) is 0 Å². The highest BCUT2D eigenvalue weighted by molar-refractivity contribution is 7.91. The van der Waals surface area contributed by atoms with Crippen LogP contribution in [0.25, 0.3) is 0 Å². The van der Waals surface area contributed by atoms with Crippen molar-refractivity contribution >= 4 is 22.0 Å². The third kappa shape index (κ3) is 6.54. The Kier molecular flexibility index (Phi) is 6.83. The maximum Gasteiger partial charge on any atom is 0.422 e. The largest absolute Gasteiger partial charge is 0.443 e. The number of hydrogen-bond donors (Lipinski definition) is 2. The Hall–Kier alpha value is -1.81. The fraction of sp³-hybridized carbons (Fsp3) is 0.733. The number of nitrogens with one attached hydrogen (secondary N) is 2. The van der Waals surface area contributed by atoms with Gasteiger partial charge >= 0.3 is 16.3 Å². The Labute approximate surface area is 149 Å². The van der Waals surface area contributed by atoms with Crippen LogP contribution in [0.5, 0.6) is 0 Å². The Morgan fingerprint density at radius 3 is 2.40 bits per heavy atom. The average molecular weight is 375 g/mol. The number of carbonyl (C=O) groups excluding carboxylic acids is 1. The van der Waals surface area contributed by atoms with Crippen molar-refractivity contribution in [1.29, 1.82) is 0 Å². The third-order valence-electron chi connectivity index (χ3n) is 3.15. The maximum atomic E-state index is 12.8. The summed E-state index contributed by atoms with van der Waals surface area (Å²) in [6.07, 6.45) is 0.427. The minimum atomic E-state index is -4.15. The van der Waals surface area contributed by atoms with Crippen molar-refractivity contribution in [2.24, 2.45) is 0 Å². The van der Waals surface area contributed by atoms with E-state index in [1.807, 2.05) is 37.6 Å². The quantitative estimate of drug-likeness (QED) is 0.751. The summed E-state index contributed by atoms with van der Waals surface area (Å²) in [4.78, 5) is 13.8. The number of rotatable bonds is 7. The van der Waals surface area contributed by atoms with E-state index >= 15 is 0 Å². The predicted octanol–water partition coefficient (Wildman–Crippen LogP) is 1.67. The standard InChI is InChI=1S/C15H29N5O4S/c1-11(2)13-12(10-16-17-13)20(9-8-19(6)7)25(22,23)18-14(21)24-15(3,4)5/h10-11H,8-9H2,1-7H3,(H,16,17)(H,18,21). The summed E-state index contributed by atoms with van der Waals surface area (Å²) in [5.41, 5.74) is 0.286. The lowest BCUT2D eigenvalue weighted by Gasteiger charge is -2.27. The molecule has 9 nitrogen and oxygen atoms in total. The first-order valence-electron chi connectivity index (χ1n) is 8.05. The molecule has 144 valence electrons. The van der Waals surface area contributed by atoms with E-state index in [9.17, 15) is 13.2 Å². The third-order valence-corrected chi connectivity index (χ3v) is 4.53. The normalized spacial score (nSPS) is 12.5. The van der Waals surface area contributed by atoms with E-state index in [1.165, 1.54) is 6.20 Å². The number of anilines is 1. The molecule has 0 fully saturated rings. The Bertz CT molecular complexity index is 676. The number of likely N-dealkylation sites (N-methyl/N-ethyl adjacent to an activating group) is 1. The van der Waals surface area contributed by atoms with Crippen LogP contribution >= 0.6 is 0 Å². The highest BCUT2D eigenvalue weighted by Crippen LogP contribution is 2.26. The molecule has 0 unspecified atom stereocenters. The molecule has 0 radical (unpaired) electrons. The van der Waals surface area contributed by atoms with E-state index in [4.69, 9.17) is 4.74 Å². The van der Waals surface area contributed by atoms with Crippen LogP contribution in [0.15, 0.2) is 6.20 Å². The lowest BCUT2D eigenvalue weighted by molar-refractivity contribution is 0.0570. The Morgan fingerprint density at radius 1 is 1.32 bits per heavy atom. The van der Waals surface area contributed by atoms with Gasteiger partial charge in [-0.05, 0) is 40.8 Å². The molecule has 0 aliphatic carbocycles. The lowest BCUT2D eigenvalue weighted by atomic mass is 10.1. The maximum absolute atomic E-state index is 12.8. The zero-order chi connectivity index (χ0) is 19.4. The molecular weight excluding hydrogens is 346 g/mol. The van der Waals surface area contributed by atoms with E-state index in [0.29, 0.717) is 17.9 Å². The molecule has 25 heavy (non-hydrogen) atoms. The average Bonchev–Trinajstić information content (AvgIpc) is 2.83. The number of hydrogen-bond acceptors (Lipinski definition) is 6. The van der Waals surface area contributed by atoms with E-state index < -0.39 is 21.9 Å². The van der Waals surface area contributed by atoms with Crippen LogP contribution in [0.4, 0.5) is 10.5 Å². The molecule has 1 amide bonds. The van der Waals surface area contributed by atoms with E-state index in [2.05, 4.69) is 10.2 Å². The zero-order valence-electron chi connectivity index (χ0n) is 16.0. The van der Waals surface area contributed by atoms with Gasteiger partial charge < -0.3 is 9.64 Å². The summed E-state index contributed by atoms with van der Waals surface area (Å²) < 4.78 is 33.7. The monoisotopic (exact) mass is 375 g/mol. The first-order chi connectivity index (χ1) is 11.3. The number of carbonyl (C=O) groups is 1. The molecular formula is C15H29N5O4S. The molecule has 1 aromatic rings. The summed E-state index contributed by atoms with van der Waals surface area (Å²) in [6, 6.07) is 0. The van der Waals surface area contributed by atoms with Gasteiger partial charge in [0.25, 0.3) is 0 Å².